The molecule has 0 bridgehead atoms. The number of aromatic nitrogens is 2. The van der Waals surface area contributed by atoms with Crippen molar-refractivity contribution in [1.82, 2.24) is 9.78 Å². The highest BCUT2D eigenvalue weighted by atomic mass is 32.2. The molecule has 0 unspecified atom stereocenters. The molecule has 2 N–H and O–H groups in total. The van der Waals surface area contributed by atoms with Crippen LogP contribution in [0.4, 0.5) is 5.69 Å². The number of hydrogen-bond donors (Lipinski definition) is 2. The number of nitrogens with zero attached hydrogens (tertiary/aromatic N) is 2. The number of anilines is 1. The first kappa shape index (κ1) is 29.1. The first-order chi connectivity index (χ1) is 18.4. The number of phenols is 1. The van der Waals surface area contributed by atoms with Gasteiger partial charge in [-0.2, -0.15) is 5.10 Å². The predicted molar refractivity (Wildman–Crippen MR) is 160 cm³/mol. The van der Waals surface area contributed by atoms with Gasteiger partial charge in [0, 0.05) is 28.6 Å². The third-order valence-electron chi connectivity index (χ3n) is 6.78. The van der Waals surface area contributed by atoms with Crippen molar-refractivity contribution in [2.75, 3.05) is 11.6 Å². The van der Waals surface area contributed by atoms with Crippen LogP contribution >= 0.6 is 0 Å². The molecule has 1 amide bonds. The molecule has 1 aromatic heterocycles. The minimum atomic E-state index is -3.35. The van der Waals surface area contributed by atoms with Crippen molar-refractivity contribution in [1.29, 1.82) is 0 Å². The lowest BCUT2D eigenvalue weighted by Gasteiger charge is -2.28. The molecular formula is C32H37N3O4S. The second kappa shape index (κ2) is 10.2. The first-order valence-electron chi connectivity index (χ1n) is 13.1. The fraction of sp³-hybridized carbons (Fsp3) is 0.312. The monoisotopic (exact) mass is 559 g/mol. The minimum absolute atomic E-state index is 0.199. The number of hydrogen-bond acceptors (Lipinski definition) is 5. The lowest BCUT2D eigenvalue weighted by molar-refractivity contribution is 0.102. The van der Waals surface area contributed by atoms with Crippen LogP contribution in [0.3, 0.4) is 0 Å². The molecular weight excluding hydrogens is 522 g/mol. The molecule has 1 heterocycles. The molecule has 4 rings (SSSR count). The molecule has 7 nitrogen and oxygen atoms in total. The van der Waals surface area contributed by atoms with Gasteiger partial charge in [0.15, 0.2) is 15.5 Å². The number of carbonyl (C=O) groups excluding carboxylic acids is 1. The van der Waals surface area contributed by atoms with Crippen LogP contribution in [0.15, 0.2) is 71.6 Å². The number of carbonyl (C=O) groups is 1. The van der Waals surface area contributed by atoms with Crippen molar-refractivity contribution < 1.29 is 18.3 Å². The first-order valence-corrected chi connectivity index (χ1v) is 15.0. The van der Waals surface area contributed by atoms with Gasteiger partial charge in [-0.15, -0.1) is 0 Å². The van der Waals surface area contributed by atoms with E-state index < -0.39 is 15.7 Å². The van der Waals surface area contributed by atoms with Crippen molar-refractivity contribution in [2.24, 2.45) is 0 Å². The Bertz CT molecular complexity index is 1640. The summed E-state index contributed by atoms with van der Waals surface area (Å²) in [6.07, 6.45) is 1.16. The van der Waals surface area contributed by atoms with E-state index >= 15 is 0 Å². The zero-order valence-electron chi connectivity index (χ0n) is 24.3. The van der Waals surface area contributed by atoms with E-state index in [-0.39, 0.29) is 27.2 Å². The van der Waals surface area contributed by atoms with E-state index in [1.54, 1.807) is 22.9 Å². The molecule has 3 aromatic carbocycles. The van der Waals surface area contributed by atoms with Crippen molar-refractivity contribution in [3.63, 3.8) is 0 Å². The molecule has 0 saturated carbocycles. The van der Waals surface area contributed by atoms with Crippen molar-refractivity contribution in [3.8, 4) is 22.7 Å². The predicted octanol–water partition coefficient (Wildman–Crippen LogP) is 6.80. The van der Waals surface area contributed by atoms with Crippen LogP contribution in [-0.4, -0.2) is 35.5 Å². The summed E-state index contributed by atoms with van der Waals surface area (Å²) in [6, 6.07) is 19.6. The van der Waals surface area contributed by atoms with Gasteiger partial charge in [0.25, 0.3) is 5.91 Å². The van der Waals surface area contributed by atoms with E-state index in [1.807, 2.05) is 84.9 Å². The summed E-state index contributed by atoms with van der Waals surface area (Å²) in [5.74, 6) is -0.160. The Balaban J connectivity index is 1.79. The SMILES string of the molecule is Cc1ccc(-c2cc(C(=O)Nc3cc(C(C)(C)C)c(O)c(C(C)(C)C)c3)nn2-c2ccc(S(C)(=O)=O)cc2)cc1. The molecule has 40 heavy (non-hydrogen) atoms. The summed E-state index contributed by atoms with van der Waals surface area (Å²) >= 11 is 0. The van der Waals surface area contributed by atoms with Gasteiger partial charge in [-0.3, -0.25) is 4.79 Å². The molecule has 8 heteroatoms. The number of phenolic OH excluding ortho intramolecular Hbond substituents is 1. The molecule has 0 radical (unpaired) electrons. The Kier molecular flexibility index (Phi) is 7.45. The number of sulfone groups is 1. The minimum Gasteiger partial charge on any atom is -0.507 e. The van der Waals surface area contributed by atoms with Gasteiger partial charge in [0.05, 0.1) is 16.3 Å². The van der Waals surface area contributed by atoms with Gasteiger partial charge in [-0.25, -0.2) is 13.1 Å². The van der Waals surface area contributed by atoms with Gasteiger partial charge in [-0.05, 0) is 60.2 Å². The zero-order valence-corrected chi connectivity index (χ0v) is 25.1. The Morgan fingerprint density at radius 2 is 1.38 bits per heavy atom. The molecule has 4 aromatic rings. The molecule has 0 fully saturated rings. The lowest BCUT2D eigenvalue weighted by atomic mass is 9.79. The molecule has 0 aliphatic rings. The van der Waals surface area contributed by atoms with Crippen molar-refractivity contribution >= 4 is 21.4 Å². The largest absolute Gasteiger partial charge is 0.507 e. The Morgan fingerprint density at radius 3 is 1.85 bits per heavy atom. The van der Waals surface area contributed by atoms with Crippen LogP contribution < -0.4 is 5.32 Å². The normalized spacial score (nSPS) is 12.4. The second-order valence-corrected chi connectivity index (χ2v) is 14.3. The number of nitrogens with one attached hydrogen (secondary N) is 1. The van der Waals surface area contributed by atoms with Gasteiger partial charge >= 0.3 is 0 Å². The molecule has 0 saturated heterocycles. The highest BCUT2D eigenvalue weighted by Crippen LogP contribution is 2.41. The Morgan fingerprint density at radius 1 is 0.850 bits per heavy atom. The molecule has 0 aliphatic heterocycles. The number of aromatic hydroxyl groups is 1. The fourth-order valence-electron chi connectivity index (χ4n) is 4.50. The highest BCUT2D eigenvalue weighted by Gasteiger charge is 2.27. The lowest BCUT2D eigenvalue weighted by Crippen LogP contribution is -2.19. The number of rotatable bonds is 5. The van der Waals surface area contributed by atoms with Crippen LogP contribution in [0.5, 0.6) is 5.75 Å². The molecule has 210 valence electrons. The zero-order chi connectivity index (χ0) is 29.6. The van der Waals surface area contributed by atoms with E-state index in [0.29, 0.717) is 17.1 Å². The number of benzene rings is 3. The van der Waals surface area contributed by atoms with E-state index in [2.05, 4.69) is 10.4 Å². The van der Waals surface area contributed by atoms with E-state index in [4.69, 9.17) is 0 Å². The van der Waals surface area contributed by atoms with Crippen molar-refractivity contribution in [2.45, 2.75) is 64.2 Å². The number of amides is 1. The average molecular weight is 560 g/mol. The smallest absolute Gasteiger partial charge is 0.276 e. The Hall–Kier alpha value is -3.91. The highest BCUT2D eigenvalue weighted by molar-refractivity contribution is 7.90. The van der Waals surface area contributed by atoms with Gasteiger partial charge < -0.3 is 10.4 Å². The summed E-state index contributed by atoms with van der Waals surface area (Å²) in [5, 5.41) is 18.7. The maximum Gasteiger partial charge on any atom is 0.276 e. The van der Waals surface area contributed by atoms with Crippen LogP contribution in [0.2, 0.25) is 0 Å². The summed E-state index contributed by atoms with van der Waals surface area (Å²) in [4.78, 5) is 13.8. The van der Waals surface area contributed by atoms with Crippen LogP contribution in [0.1, 0.15) is 68.7 Å². The van der Waals surface area contributed by atoms with Crippen LogP contribution in [0, 0.1) is 6.92 Å². The van der Waals surface area contributed by atoms with E-state index in [1.165, 1.54) is 12.1 Å². The second-order valence-electron chi connectivity index (χ2n) is 12.3. The summed E-state index contributed by atoms with van der Waals surface area (Å²) in [5.41, 5.74) is 4.84. The number of aryl methyl sites for hydroxylation is 1. The molecule has 0 aliphatic carbocycles. The van der Waals surface area contributed by atoms with Crippen LogP contribution in [0.25, 0.3) is 16.9 Å². The summed E-state index contributed by atoms with van der Waals surface area (Å²) in [6.45, 7) is 14.1. The molecule has 0 atom stereocenters. The molecule has 0 spiro atoms. The maximum absolute atomic E-state index is 13.6. The Labute approximate surface area is 236 Å². The standard InChI is InChI=1S/C32H37N3O4S/c1-20-9-11-21(12-10-20)28-19-27(34-35(28)23-13-15-24(16-14-23)40(8,38)39)30(37)33-22-17-25(31(2,3)4)29(36)26(18-22)32(5,6)7/h9-19,36H,1-8H3,(H,33,37). The third-order valence-corrected chi connectivity index (χ3v) is 7.91. The van der Waals surface area contributed by atoms with E-state index in [9.17, 15) is 18.3 Å². The van der Waals surface area contributed by atoms with E-state index in [0.717, 1.165) is 28.5 Å². The third kappa shape index (κ3) is 6.12. The summed E-state index contributed by atoms with van der Waals surface area (Å²) < 4.78 is 25.6. The fourth-order valence-corrected chi connectivity index (χ4v) is 5.13. The summed E-state index contributed by atoms with van der Waals surface area (Å²) in [7, 11) is -3.35. The van der Waals surface area contributed by atoms with Gasteiger partial charge in [0.2, 0.25) is 0 Å². The quantitative estimate of drug-likeness (QED) is 0.262. The van der Waals surface area contributed by atoms with Gasteiger partial charge in [-0.1, -0.05) is 71.4 Å². The van der Waals surface area contributed by atoms with Gasteiger partial charge in [0.1, 0.15) is 5.75 Å². The maximum atomic E-state index is 13.6. The van der Waals surface area contributed by atoms with Crippen LogP contribution in [-0.2, 0) is 20.7 Å². The topological polar surface area (TPSA) is 101 Å². The average Bonchev–Trinajstić information content (AvgIpc) is 3.29. The van der Waals surface area contributed by atoms with Crippen molar-refractivity contribution in [3.05, 3.63) is 89.1 Å².